The van der Waals surface area contributed by atoms with Crippen LogP contribution < -0.4 is 4.90 Å². The van der Waals surface area contributed by atoms with Crippen molar-refractivity contribution in [2.24, 2.45) is 0 Å². The minimum Gasteiger partial charge on any atom is -0.480 e. The van der Waals surface area contributed by atoms with Crippen molar-refractivity contribution in [3.8, 4) is 0 Å². The summed E-state index contributed by atoms with van der Waals surface area (Å²) in [6.07, 6.45) is 1.80. The largest absolute Gasteiger partial charge is 0.480 e. The smallest absolute Gasteiger partial charge is 0.325 e. The van der Waals surface area contributed by atoms with Gasteiger partial charge in [-0.1, -0.05) is 18.2 Å². The summed E-state index contributed by atoms with van der Waals surface area (Å²) < 4.78 is 13.1. The highest BCUT2D eigenvalue weighted by atomic mass is 19.1. The van der Waals surface area contributed by atoms with E-state index in [4.69, 9.17) is 0 Å². The van der Waals surface area contributed by atoms with Crippen molar-refractivity contribution < 1.29 is 14.3 Å². The topological polar surface area (TPSA) is 59.6 Å². The summed E-state index contributed by atoms with van der Waals surface area (Å²) in [6, 6.07) is 13.5. The van der Waals surface area contributed by atoms with Crippen LogP contribution in [0.3, 0.4) is 0 Å². The molecule has 0 saturated carbocycles. The summed E-state index contributed by atoms with van der Waals surface area (Å²) in [5, 5.41) is 10.8. The van der Waals surface area contributed by atoms with E-state index in [0.29, 0.717) is 26.2 Å². The molecular formula is C20H20FN3O2. The van der Waals surface area contributed by atoms with Gasteiger partial charge in [-0.15, -0.1) is 0 Å². The number of rotatable bonds is 4. The Hall–Kier alpha value is -2.86. The number of carboxylic acid groups (broad SMARTS) is 1. The molecule has 0 radical (unpaired) electrons. The van der Waals surface area contributed by atoms with Crippen LogP contribution in [-0.2, 0) is 4.79 Å². The third-order valence-corrected chi connectivity index (χ3v) is 5.02. The van der Waals surface area contributed by atoms with Crippen LogP contribution in [0.25, 0.3) is 10.9 Å². The molecule has 2 N–H and O–H groups in total. The molecule has 4 rings (SSSR count). The minimum absolute atomic E-state index is 0.252. The number of anilines is 1. The third kappa shape index (κ3) is 3.04. The maximum Gasteiger partial charge on any atom is 0.325 e. The summed E-state index contributed by atoms with van der Waals surface area (Å²) >= 11 is 0. The third-order valence-electron chi connectivity index (χ3n) is 5.02. The second-order valence-electron chi connectivity index (χ2n) is 6.53. The fourth-order valence-electron chi connectivity index (χ4n) is 3.70. The Bertz CT molecular complexity index is 914. The van der Waals surface area contributed by atoms with Crippen molar-refractivity contribution in [3.63, 3.8) is 0 Å². The number of halogens is 1. The van der Waals surface area contributed by atoms with Crippen molar-refractivity contribution in [1.82, 2.24) is 9.88 Å². The highest BCUT2D eigenvalue weighted by Gasteiger charge is 2.32. The van der Waals surface area contributed by atoms with E-state index in [1.165, 1.54) is 12.1 Å². The number of piperazine rings is 1. The molecular weight excluding hydrogens is 333 g/mol. The minimum atomic E-state index is -0.843. The molecule has 2 aromatic carbocycles. The van der Waals surface area contributed by atoms with Crippen LogP contribution in [0.1, 0.15) is 11.6 Å². The van der Waals surface area contributed by atoms with Gasteiger partial charge >= 0.3 is 5.97 Å². The van der Waals surface area contributed by atoms with Gasteiger partial charge in [0.05, 0.1) is 0 Å². The van der Waals surface area contributed by atoms with Crippen molar-refractivity contribution >= 4 is 22.6 Å². The molecule has 5 nitrogen and oxygen atoms in total. The Morgan fingerprint density at radius 2 is 1.73 bits per heavy atom. The van der Waals surface area contributed by atoms with Crippen molar-refractivity contribution in [1.29, 1.82) is 0 Å². The van der Waals surface area contributed by atoms with Gasteiger partial charge in [0, 0.05) is 54.5 Å². The number of nitrogens with zero attached hydrogens (tertiary/aromatic N) is 2. The van der Waals surface area contributed by atoms with Gasteiger partial charge in [-0.3, -0.25) is 9.69 Å². The van der Waals surface area contributed by atoms with E-state index >= 15 is 0 Å². The van der Waals surface area contributed by atoms with Crippen molar-refractivity contribution in [2.45, 2.75) is 6.04 Å². The van der Waals surface area contributed by atoms with Crippen LogP contribution in [-0.4, -0.2) is 47.1 Å². The van der Waals surface area contributed by atoms with Gasteiger partial charge in [0.25, 0.3) is 0 Å². The first-order valence-corrected chi connectivity index (χ1v) is 8.67. The molecule has 1 atom stereocenters. The molecule has 1 fully saturated rings. The number of carboxylic acids is 1. The molecule has 0 bridgehead atoms. The number of aromatic nitrogens is 1. The van der Waals surface area contributed by atoms with Crippen LogP contribution in [0.2, 0.25) is 0 Å². The average Bonchev–Trinajstić information content (AvgIpc) is 3.07. The van der Waals surface area contributed by atoms with Gasteiger partial charge in [0.15, 0.2) is 0 Å². The van der Waals surface area contributed by atoms with Gasteiger partial charge in [0.2, 0.25) is 0 Å². The van der Waals surface area contributed by atoms with Gasteiger partial charge in [0.1, 0.15) is 11.9 Å². The van der Waals surface area contributed by atoms with Gasteiger partial charge in [-0.2, -0.15) is 0 Å². The standard InChI is InChI=1S/C20H20FN3O2/c21-14-5-7-15(8-6-14)23-9-11-24(12-10-23)19(20(25)26)17-13-22-18-4-2-1-3-16(17)18/h1-8,13,19,22H,9-12H2,(H,25,26). The van der Waals surface area contributed by atoms with Crippen molar-refractivity contribution in [2.75, 3.05) is 31.1 Å². The number of hydrogen-bond acceptors (Lipinski definition) is 3. The van der Waals surface area contributed by atoms with Gasteiger partial charge < -0.3 is 15.0 Å². The average molecular weight is 353 g/mol. The number of aromatic amines is 1. The number of carbonyl (C=O) groups is 1. The Kier molecular flexibility index (Phi) is 4.34. The van der Waals surface area contributed by atoms with E-state index in [0.717, 1.165) is 22.2 Å². The Morgan fingerprint density at radius 3 is 2.42 bits per heavy atom. The molecule has 26 heavy (non-hydrogen) atoms. The van der Waals surface area contributed by atoms with E-state index in [1.807, 2.05) is 29.2 Å². The first-order valence-electron chi connectivity index (χ1n) is 8.67. The Labute approximate surface area is 150 Å². The normalized spacial score (nSPS) is 16.7. The van der Waals surface area contributed by atoms with Crippen LogP contribution in [0.4, 0.5) is 10.1 Å². The lowest BCUT2D eigenvalue weighted by atomic mass is 10.0. The second kappa shape index (κ2) is 6.80. The maximum absolute atomic E-state index is 13.1. The molecule has 0 spiro atoms. The molecule has 1 saturated heterocycles. The Morgan fingerprint density at radius 1 is 1.04 bits per heavy atom. The molecule has 0 amide bonds. The predicted molar refractivity (Wildman–Crippen MR) is 98.9 cm³/mol. The lowest BCUT2D eigenvalue weighted by molar-refractivity contribution is -0.143. The summed E-state index contributed by atoms with van der Waals surface area (Å²) in [5.74, 6) is -1.09. The van der Waals surface area contributed by atoms with Crippen LogP contribution in [0.5, 0.6) is 0 Å². The lowest BCUT2D eigenvalue weighted by Gasteiger charge is -2.38. The number of fused-ring (bicyclic) bond motifs is 1. The highest BCUT2D eigenvalue weighted by molar-refractivity contribution is 5.89. The van der Waals surface area contributed by atoms with Crippen LogP contribution in [0, 0.1) is 5.82 Å². The zero-order valence-electron chi connectivity index (χ0n) is 14.2. The molecule has 1 unspecified atom stereocenters. The van der Waals surface area contributed by atoms with Gasteiger partial charge in [-0.25, -0.2) is 4.39 Å². The number of H-pyrrole nitrogens is 1. The lowest BCUT2D eigenvalue weighted by Crippen LogP contribution is -2.49. The van der Waals surface area contributed by atoms with Crippen LogP contribution in [0.15, 0.2) is 54.7 Å². The number of benzene rings is 2. The fourth-order valence-corrected chi connectivity index (χ4v) is 3.70. The molecule has 1 aliphatic heterocycles. The molecule has 0 aliphatic carbocycles. The SMILES string of the molecule is O=C(O)C(c1c[nH]c2ccccc12)N1CCN(c2ccc(F)cc2)CC1. The molecule has 2 heterocycles. The number of nitrogens with one attached hydrogen (secondary N) is 1. The number of hydrogen-bond donors (Lipinski definition) is 2. The summed E-state index contributed by atoms with van der Waals surface area (Å²) in [4.78, 5) is 19.3. The van der Waals surface area contributed by atoms with Crippen molar-refractivity contribution in [3.05, 3.63) is 66.1 Å². The quantitative estimate of drug-likeness (QED) is 0.756. The zero-order chi connectivity index (χ0) is 18.1. The maximum atomic E-state index is 13.1. The van der Waals surface area contributed by atoms with E-state index in [9.17, 15) is 14.3 Å². The zero-order valence-corrected chi connectivity index (χ0v) is 14.2. The molecule has 6 heteroatoms. The van der Waals surface area contributed by atoms with Gasteiger partial charge in [-0.05, 0) is 30.3 Å². The fraction of sp³-hybridized carbons (Fsp3) is 0.250. The van der Waals surface area contributed by atoms with E-state index in [1.54, 1.807) is 18.3 Å². The Balaban J connectivity index is 1.54. The first kappa shape index (κ1) is 16.6. The second-order valence-corrected chi connectivity index (χ2v) is 6.53. The highest BCUT2D eigenvalue weighted by Crippen LogP contribution is 2.30. The molecule has 3 aromatic rings. The van der Waals surface area contributed by atoms with Crippen LogP contribution >= 0.6 is 0 Å². The molecule has 134 valence electrons. The number of aliphatic carboxylic acids is 1. The monoisotopic (exact) mass is 353 g/mol. The molecule has 1 aromatic heterocycles. The first-order chi connectivity index (χ1) is 12.6. The summed E-state index contributed by atoms with van der Waals surface area (Å²) in [5.41, 5.74) is 2.70. The van der Waals surface area contributed by atoms with E-state index < -0.39 is 12.0 Å². The summed E-state index contributed by atoms with van der Waals surface area (Å²) in [6.45, 7) is 2.68. The molecule has 1 aliphatic rings. The van der Waals surface area contributed by atoms with E-state index in [-0.39, 0.29) is 5.82 Å². The summed E-state index contributed by atoms with van der Waals surface area (Å²) in [7, 11) is 0. The predicted octanol–water partition coefficient (Wildman–Crippen LogP) is 3.25. The van der Waals surface area contributed by atoms with E-state index in [2.05, 4.69) is 9.88 Å². The number of para-hydroxylation sites is 1.